The van der Waals surface area contributed by atoms with Crippen molar-refractivity contribution >= 4 is 22.6 Å². The maximum absolute atomic E-state index is 8.92. The molecule has 148 valence electrons. The Morgan fingerprint density at radius 1 is 0.964 bits per heavy atom. The number of aliphatic hydroxyl groups is 1. The number of rotatable bonds is 8. The van der Waals surface area contributed by atoms with Crippen LogP contribution in [0.3, 0.4) is 0 Å². The molecular formula is C22H24ClNO4. The fourth-order valence-corrected chi connectivity index (χ4v) is 3.18. The molecule has 0 aliphatic rings. The van der Waals surface area contributed by atoms with Crippen molar-refractivity contribution in [3.05, 3.63) is 52.8 Å². The van der Waals surface area contributed by atoms with Gasteiger partial charge in [0, 0.05) is 35.2 Å². The molecule has 0 amide bonds. The molecular weight excluding hydrogens is 378 g/mol. The molecule has 5 nitrogen and oxygen atoms in total. The molecule has 0 radical (unpaired) electrons. The van der Waals surface area contributed by atoms with Crippen molar-refractivity contribution in [1.29, 1.82) is 0 Å². The van der Waals surface area contributed by atoms with E-state index < -0.39 is 0 Å². The zero-order valence-corrected chi connectivity index (χ0v) is 16.8. The summed E-state index contributed by atoms with van der Waals surface area (Å²) >= 11 is 6.18. The van der Waals surface area contributed by atoms with Gasteiger partial charge < -0.3 is 19.0 Å². The largest absolute Gasteiger partial charge is 0.493 e. The first-order chi connectivity index (χ1) is 13.7. The normalized spacial score (nSPS) is 11.8. The molecule has 1 N–H and O–H groups in total. The lowest BCUT2D eigenvalue weighted by Gasteiger charge is -2.10. The molecule has 0 spiro atoms. The number of ether oxygens (including phenoxy) is 2. The van der Waals surface area contributed by atoms with E-state index in [0.29, 0.717) is 34.4 Å². The summed E-state index contributed by atoms with van der Waals surface area (Å²) in [6.07, 6.45) is 2.65. The number of fused-ring (bicyclic) bond motifs is 1. The van der Waals surface area contributed by atoms with Crippen LogP contribution in [-0.2, 0) is 0 Å². The van der Waals surface area contributed by atoms with Crippen molar-refractivity contribution in [2.24, 2.45) is 4.99 Å². The lowest BCUT2D eigenvalue weighted by atomic mass is 10.1. The average Bonchev–Trinajstić information content (AvgIpc) is 2.73. The van der Waals surface area contributed by atoms with Gasteiger partial charge in [-0.2, -0.15) is 0 Å². The number of nitrogens with zero attached hydrogens (tertiary/aromatic N) is 1. The third-order valence-electron chi connectivity index (χ3n) is 4.47. The highest BCUT2D eigenvalue weighted by atomic mass is 35.5. The third kappa shape index (κ3) is 4.66. The molecule has 3 aromatic rings. The Bertz CT molecular complexity index is 1010. The summed E-state index contributed by atoms with van der Waals surface area (Å²) in [4.78, 5) is 4.75. The number of aliphatic hydroxyl groups excluding tert-OH is 1. The van der Waals surface area contributed by atoms with Gasteiger partial charge >= 0.3 is 0 Å². The molecule has 1 aromatic heterocycles. The predicted octanol–water partition coefficient (Wildman–Crippen LogP) is 4.83. The van der Waals surface area contributed by atoms with E-state index in [1.54, 1.807) is 20.3 Å². The molecule has 0 aliphatic carbocycles. The van der Waals surface area contributed by atoms with E-state index in [9.17, 15) is 0 Å². The maximum atomic E-state index is 8.92. The lowest BCUT2D eigenvalue weighted by Crippen LogP contribution is -2.05. The first-order valence-electron chi connectivity index (χ1n) is 9.23. The Balaban J connectivity index is 2.06. The van der Waals surface area contributed by atoms with E-state index in [4.69, 9.17) is 35.6 Å². The second-order valence-electron chi connectivity index (χ2n) is 6.37. The van der Waals surface area contributed by atoms with Crippen LogP contribution in [0, 0.1) is 0 Å². The van der Waals surface area contributed by atoms with Crippen LogP contribution < -0.4 is 14.8 Å². The second-order valence-corrected chi connectivity index (χ2v) is 6.81. The van der Waals surface area contributed by atoms with Crippen molar-refractivity contribution in [1.82, 2.24) is 0 Å². The molecule has 0 unspecified atom stereocenters. The second kappa shape index (κ2) is 9.62. The van der Waals surface area contributed by atoms with E-state index in [0.717, 1.165) is 35.6 Å². The van der Waals surface area contributed by atoms with Gasteiger partial charge in [-0.3, -0.25) is 4.99 Å². The molecule has 1 heterocycles. The van der Waals surface area contributed by atoms with Gasteiger partial charge in [-0.25, -0.2) is 0 Å². The summed E-state index contributed by atoms with van der Waals surface area (Å²) in [6, 6.07) is 13.1. The van der Waals surface area contributed by atoms with Gasteiger partial charge in [-0.05, 0) is 55.7 Å². The van der Waals surface area contributed by atoms with E-state index >= 15 is 0 Å². The van der Waals surface area contributed by atoms with Crippen LogP contribution >= 0.6 is 11.6 Å². The van der Waals surface area contributed by atoms with Crippen molar-refractivity contribution in [2.45, 2.75) is 19.3 Å². The van der Waals surface area contributed by atoms with Crippen LogP contribution in [-0.4, -0.2) is 32.5 Å². The number of halogens is 1. The molecule has 2 aromatic carbocycles. The van der Waals surface area contributed by atoms with E-state index in [-0.39, 0.29) is 6.61 Å². The average molecular weight is 402 g/mol. The molecule has 0 aliphatic heterocycles. The van der Waals surface area contributed by atoms with Gasteiger partial charge in [0.15, 0.2) is 11.5 Å². The Labute approximate surface area is 169 Å². The highest BCUT2D eigenvalue weighted by molar-refractivity contribution is 6.31. The van der Waals surface area contributed by atoms with Gasteiger partial charge in [0.2, 0.25) is 0 Å². The summed E-state index contributed by atoms with van der Waals surface area (Å²) in [6.45, 7) is 0.892. The molecule has 3 rings (SSSR count). The molecule has 0 fully saturated rings. The summed E-state index contributed by atoms with van der Waals surface area (Å²) in [5.74, 6) is 1.98. The van der Waals surface area contributed by atoms with E-state index in [2.05, 4.69) is 0 Å². The van der Waals surface area contributed by atoms with Gasteiger partial charge in [-0.15, -0.1) is 0 Å². The minimum absolute atomic E-state index is 0.214. The summed E-state index contributed by atoms with van der Waals surface area (Å²) in [7, 11) is 3.21. The zero-order valence-electron chi connectivity index (χ0n) is 16.1. The van der Waals surface area contributed by atoms with Gasteiger partial charge in [-0.1, -0.05) is 11.6 Å². The molecule has 0 atom stereocenters. The minimum Gasteiger partial charge on any atom is -0.493 e. The number of unbranched alkanes of at least 4 members (excludes halogenated alkanes) is 2. The van der Waals surface area contributed by atoms with Gasteiger partial charge in [0.1, 0.15) is 11.3 Å². The molecule has 0 bridgehead atoms. The SMILES string of the molecule is COc1ccc(-c2cc(=NCCCCCO)c3cc(Cl)ccc3o2)cc1OC. The van der Waals surface area contributed by atoms with Crippen LogP contribution in [0.25, 0.3) is 22.3 Å². The number of methoxy groups -OCH3 is 2. The maximum Gasteiger partial charge on any atom is 0.161 e. The first kappa shape index (κ1) is 20.2. The quantitative estimate of drug-likeness (QED) is 0.549. The van der Waals surface area contributed by atoms with E-state index in [1.807, 2.05) is 36.4 Å². The Kier molecular flexibility index (Phi) is 6.95. The molecule has 28 heavy (non-hydrogen) atoms. The molecule has 0 saturated heterocycles. The van der Waals surface area contributed by atoms with Crippen molar-refractivity contribution in [2.75, 3.05) is 27.4 Å². The summed E-state index contributed by atoms with van der Waals surface area (Å²) < 4.78 is 16.8. The predicted molar refractivity (Wildman–Crippen MR) is 111 cm³/mol. The van der Waals surface area contributed by atoms with Gasteiger partial charge in [0.05, 0.1) is 19.6 Å². The van der Waals surface area contributed by atoms with Crippen LogP contribution in [0.1, 0.15) is 19.3 Å². The zero-order chi connectivity index (χ0) is 19.9. The monoisotopic (exact) mass is 401 g/mol. The van der Waals surface area contributed by atoms with Crippen LogP contribution in [0.5, 0.6) is 11.5 Å². The first-order valence-corrected chi connectivity index (χ1v) is 9.61. The van der Waals surface area contributed by atoms with Crippen LogP contribution in [0.2, 0.25) is 5.02 Å². The summed E-state index contributed by atoms with van der Waals surface area (Å²) in [5.41, 5.74) is 1.58. The molecule has 6 heteroatoms. The standard InChI is InChI=1S/C22H24ClNO4/c1-26-20-8-6-15(12-22(20)27-2)21-14-18(24-10-4-3-5-11-25)17-13-16(23)7-9-19(17)28-21/h6-9,12-14,25H,3-5,10-11H2,1-2H3. The van der Waals surface area contributed by atoms with Crippen LogP contribution in [0.4, 0.5) is 0 Å². The topological polar surface area (TPSA) is 64.2 Å². The lowest BCUT2D eigenvalue weighted by molar-refractivity contribution is 0.283. The third-order valence-corrected chi connectivity index (χ3v) is 4.71. The summed E-state index contributed by atoms with van der Waals surface area (Å²) in [5, 5.41) is 11.3. The smallest absolute Gasteiger partial charge is 0.161 e. The number of hydrogen-bond donors (Lipinski definition) is 1. The van der Waals surface area contributed by atoms with E-state index in [1.165, 1.54) is 0 Å². The highest BCUT2D eigenvalue weighted by Crippen LogP contribution is 2.33. The van der Waals surface area contributed by atoms with Gasteiger partial charge in [0.25, 0.3) is 0 Å². The fraction of sp³-hybridized carbons (Fsp3) is 0.318. The Morgan fingerprint density at radius 3 is 2.54 bits per heavy atom. The van der Waals surface area contributed by atoms with Crippen molar-refractivity contribution in [3.63, 3.8) is 0 Å². The molecule has 0 saturated carbocycles. The number of hydrogen-bond acceptors (Lipinski definition) is 5. The van der Waals surface area contributed by atoms with Crippen molar-refractivity contribution in [3.8, 4) is 22.8 Å². The Hall–Kier alpha value is -2.50. The van der Waals surface area contributed by atoms with Crippen LogP contribution in [0.15, 0.2) is 51.9 Å². The Morgan fingerprint density at radius 2 is 1.79 bits per heavy atom. The highest BCUT2D eigenvalue weighted by Gasteiger charge is 2.10. The fourth-order valence-electron chi connectivity index (χ4n) is 3.00. The minimum atomic E-state index is 0.214. The number of benzene rings is 2. The van der Waals surface area contributed by atoms with Crippen molar-refractivity contribution < 1.29 is 19.0 Å².